The molecule has 1 aliphatic carbocycles. The smallest absolute Gasteiger partial charge is 0.181 e. The fourth-order valence-electron chi connectivity index (χ4n) is 4.60. The Hall–Kier alpha value is -3.54. The number of aryl methyl sites for hydroxylation is 1. The Kier molecular flexibility index (Phi) is 5.43. The van der Waals surface area contributed by atoms with Crippen LogP contribution in [0.1, 0.15) is 43.0 Å². The lowest BCUT2D eigenvalue weighted by Gasteiger charge is -2.44. The minimum absolute atomic E-state index is 0.0472. The molecule has 1 atom stereocenters. The molecular formula is C26H27N5O. The van der Waals surface area contributed by atoms with Crippen molar-refractivity contribution in [1.82, 2.24) is 25.2 Å². The number of benzene rings is 2. The van der Waals surface area contributed by atoms with Crippen molar-refractivity contribution < 1.29 is 4.74 Å². The summed E-state index contributed by atoms with van der Waals surface area (Å²) in [7, 11) is 1.86. The van der Waals surface area contributed by atoms with Crippen LogP contribution >= 0.6 is 0 Å². The van der Waals surface area contributed by atoms with Crippen LogP contribution in [0.3, 0.4) is 0 Å². The van der Waals surface area contributed by atoms with Gasteiger partial charge in [-0.2, -0.15) is 0 Å². The number of rotatable bonds is 7. The van der Waals surface area contributed by atoms with Crippen molar-refractivity contribution in [3.63, 3.8) is 0 Å². The third kappa shape index (κ3) is 3.77. The van der Waals surface area contributed by atoms with Crippen LogP contribution in [-0.2, 0) is 19.1 Å². The summed E-state index contributed by atoms with van der Waals surface area (Å²) < 4.78 is 7.65. The molecular weight excluding hydrogens is 398 g/mol. The van der Waals surface area contributed by atoms with Crippen molar-refractivity contribution in [2.24, 2.45) is 13.0 Å². The average molecular weight is 426 g/mol. The second kappa shape index (κ2) is 8.54. The third-order valence-electron chi connectivity index (χ3n) is 6.85. The molecule has 2 aromatic carbocycles. The van der Waals surface area contributed by atoms with Crippen LogP contribution < -0.4 is 4.74 Å². The lowest BCUT2D eigenvalue weighted by atomic mass is 9.60. The first kappa shape index (κ1) is 20.4. The maximum atomic E-state index is 5.95. The normalized spacial score (nSPS) is 15.7. The average Bonchev–Trinajstić information content (AvgIpc) is 3.23. The molecule has 0 saturated heterocycles. The largest absolute Gasteiger partial charge is 0.487 e. The summed E-state index contributed by atoms with van der Waals surface area (Å²) in [4.78, 5) is 4.32. The highest BCUT2D eigenvalue weighted by Crippen LogP contribution is 2.48. The first-order valence-corrected chi connectivity index (χ1v) is 11.1. The van der Waals surface area contributed by atoms with Crippen molar-refractivity contribution in [2.75, 3.05) is 0 Å². The van der Waals surface area contributed by atoms with E-state index in [9.17, 15) is 0 Å². The molecule has 0 amide bonds. The van der Waals surface area contributed by atoms with Gasteiger partial charge in [-0.25, -0.2) is 4.68 Å². The molecule has 32 heavy (non-hydrogen) atoms. The third-order valence-corrected chi connectivity index (χ3v) is 6.85. The zero-order chi connectivity index (χ0) is 22.0. The predicted molar refractivity (Wildman–Crippen MR) is 123 cm³/mol. The van der Waals surface area contributed by atoms with Crippen LogP contribution in [0.2, 0.25) is 0 Å². The number of hydrogen-bond acceptors (Lipinski definition) is 5. The monoisotopic (exact) mass is 425 g/mol. The van der Waals surface area contributed by atoms with Crippen molar-refractivity contribution in [3.8, 4) is 17.1 Å². The molecule has 5 rings (SSSR count). The molecule has 0 spiro atoms. The number of tetrazole rings is 1. The van der Waals surface area contributed by atoms with Gasteiger partial charge in [-0.05, 0) is 64.6 Å². The van der Waals surface area contributed by atoms with Crippen molar-refractivity contribution in [2.45, 2.75) is 38.2 Å². The van der Waals surface area contributed by atoms with E-state index in [0.717, 1.165) is 22.8 Å². The van der Waals surface area contributed by atoms with Gasteiger partial charge < -0.3 is 4.74 Å². The second-order valence-electron chi connectivity index (χ2n) is 8.67. The van der Waals surface area contributed by atoms with Crippen LogP contribution in [0.5, 0.6) is 5.75 Å². The summed E-state index contributed by atoms with van der Waals surface area (Å²) >= 11 is 0. The van der Waals surface area contributed by atoms with Gasteiger partial charge in [-0.3, -0.25) is 4.98 Å². The Morgan fingerprint density at radius 3 is 2.25 bits per heavy atom. The second-order valence-corrected chi connectivity index (χ2v) is 8.67. The van der Waals surface area contributed by atoms with E-state index < -0.39 is 0 Å². The minimum atomic E-state index is -0.0472. The van der Waals surface area contributed by atoms with Gasteiger partial charge in [0, 0.05) is 24.2 Å². The Bertz CT molecular complexity index is 1170. The van der Waals surface area contributed by atoms with Crippen molar-refractivity contribution in [1.29, 1.82) is 0 Å². The topological polar surface area (TPSA) is 65.7 Å². The number of aromatic nitrogens is 5. The molecule has 6 heteroatoms. The van der Waals surface area contributed by atoms with Gasteiger partial charge in [-0.1, -0.05) is 55.8 Å². The summed E-state index contributed by atoms with van der Waals surface area (Å²) in [5, 5.41) is 11.8. The van der Waals surface area contributed by atoms with Gasteiger partial charge >= 0.3 is 0 Å². The molecule has 1 aliphatic rings. The molecule has 1 unspecified atom stereocenters. The molecule has 0 bridgehead atoms. The molecule has 2 aromatic heterocycles. The standard InChI is InChI=1S/C26H27N5O/c1-26(20-6-5-7-20,21-11-9-19(10-12-21)25-28-29-30-31(25)2)22-13-15-24(16-14-22)32-18-23-8-3-4-17-27-23/h3-4,8-17,20H,5-7,18H2,1-2H3. The highest BCUT2D eigenvalue weighted by atomic mass is 16.5. The molecule has 0 radical (unpaired) electrons. The van der Waals surface area contributed by atoms with Crippen molar-refractivity contribution in [3.05, 3.63) is 89.7 Å². The number of nitrogens with zero attached hydrogens (tertiary/aromatic N) is 5. The SMILES string of the molecule is Cn1nnnc1-c1ccc(C(C)(c2ccc(OCc3ccccn3)cc2)C2CCC2)cc1. The fraction of sp³-hybridized carbons (Fsp3) is 0.308. The van der Waals surface area contributed by atoms with E-state index in [0.29, 0.717) is 12.5 Å². The molecule has 4 aromatic rings. The first-order valence-electron chi connectivity index (χ1n) is 11.1. The number of ether oxygens (including phenoxy) is 1. The highest BCUT2D eigenvalue weighted by molar-refractivity contribution is 5.56. The Morgan fingerprint density at radius 2 is 1.69 bits per heavy atom. The summed E-state index contributed by atoms with van der Waals surface area (Å²) in [6, 6.07) is 23.2. The first-order chi connectivity index (χ1) is 15.6. The van der Waals surface area contributed by atoms with E-state index in [4.69, 9.17) is 4.74 Å². The Labute approximate surface area is 188 Å². The zero-order valence-electron chi connectivity index (χ0n) is 18.5. The lowest BCUT2D eigenvalue weighted by molar-refractivity contribution is 0.211. The maximum Gasteiger partial charge on any atom is 0.181 e. The quantitative estimate of drug-likeness (QED) is 0.419. The molecule has 6 nitrogen and oxygen atoms in total. The molecule has 2 heterocycles. The van der Waals surface area contributed by atoms with Crippen LogP contribution in [0.4, 0.5) is 0 Å². The van der Waals surface area contributed by atoms with Gasteiger partial charge in [0.15, 0.2) is 5.82 Å². The Morgan fingerprint density at radius 1 is 0.969 bits per heavy atom. The van der Waals surface area contributed by atoms with E-state index in [2.05, 4.69) is 76.0 Å². The molecule has 0 aliphatic heterocycles. The molecule has 162 valence electrons. The fourth-order valence-corrected chi connectivity index (χ4v) is 4.60. The van der Waals surface area contributed by atoms with Crippen molar-refractivity contribution >= 4 is 0 Å². The van der Waals surface area contributed by atoms with Crippen LogP contribution in [-0.4, -0.2) is 25.2 Å². The van der Waals surface area contributed by atoms with Gasteiger partial charge in [-0.15, -0.1) is 5.10 Å². The summed E-state index contributed by atoms with van der Waals surface area (Å²) in [5.41, 5.74) is 4.54. The van der Waals surface area contributed by atoms with E-state index in [1.54, 1.807) is 10.9 Å². The van der Waals surface area contributed by atoms with Gasteiger partial charge in [0.05, 0.1) is 5.69 Å². The van der Waals surface area contributed by atoms with Gasteiger partial charge in [0.25, 0.3) is 0 Å². The Balaban J connectivity index is 1.40. The molecule has 1 saturated carbocycles. The molecule has 1 fully saturated rings. The maximum absolute atomic E-state index is 5.95. The van der Waals surface area contributed by atoms with Gasteiger partial charge in [0.1, 0.15) is 12.4 Å². The highest BCUT2D eigenvalue weighted by Gasteiger charge is 2.40. The van der Waals surface area contributed by atoms with E-state index in [1.165, 1.54) is 30.4 Å². The lowest BCUT2D eigenvalue weighted by Crippen LogP contribution is -2.37. The molecule has 0 N–H and O–H groups in total. The van der Waals surface area contributed by atoms with Gasteiger partial charge in [0.2, 0.25) is 0 Å². The van der Waals surface area contributed by atoms with Crippen LogP contribution in [0.25, 0.3) is 11.4 Å². The van der Waals surface area contributed by atoms with Crippen LogP contribution in [0.15, 0.2) is 72.9 Å². The summed E-state index contributed by atoms with van der Waals surface area (Å²) in [6.45, 7) is 2.85. The zero-order valence-corrected chi connectivity index (χ0v) is 18.5. The van der Waals surface area contributed by atoms with E-state index in [1.807, 2.05) is 25.2 Å². The van der Waals surface area contributed by atoms with Crippen LogP contribution in [0, 0.1) is 5.92 Å². The summed E-state index contributed by atoms with van der Waals surface area (Å²) in [5.74, 6) is 2.27. The number of hydrogen-bond donors (Lipinski definition) is 0. The van der Waals surface area contributed by atoms with E-state index in [-0.39, 0.29) is 5.41 Å². The minimum Gasteiger partial charge on any atom is -0.487 e. The predicted octanol–water partition coefficient (Wildman–Crippen LogP) is 4.96. The summed E-state index contributed by atoms with van der Waals surface area (Å²) in [6.07, 6.45) is 5.60. The van der Waals surface area contributed by atoms with E-state index >= 15 is 0 Å². The number of pyridine rings is 1.